The quantitative estimate of drug-likeness (QED) is 0.878. The minimum Gasteiger partial charge on any atom is -0.466 e. The predicted octanol–water partition coefficient (Wildman–Crippen LogP) is 3.41. The summed E-state index contributed by atoms with van der Waals surface area (Å²) in [6, 6.07) is 6.40. The summed E-state index contributed by atoms with van der Waals surface area (Å²) in [5.74, 6) is 0.788. The van der Waals surface area contributed by atoms with E-state index in [4.69, 9.17) is 4.74 Å². The fraction of sp³-hybridized carbons (Fsp3) is 0.412. The van der Waals surface area contributed by atoms with E-state index >= 15 is 0 Å². The maximum atomic E-state index is 12.1. The van der Waals surface area contributed by atoms with Gasteiger partial charge in [0, 0.05) is 18.8 Å². The molecule has 0 saturated heterocycles. The number of hydrogen-bond donors (Lipinski definition) is 1. The van der Waals surface area contributed by atoms with E-state index in [1.54, 1.807) is 6.20 Å². The van der Waals surface area contributed by atoms with Crippen molar-refractivity contribution in [1.82, 2.24) is 9.97 Å². The fourth-order valence-corrected chi connectivity index (χ4v) is 3.05. The molecule has 1 atom stereocenters. The highest BCUT2D eigenvalue weighted by Crippen LogP contribution is 2.33. The van der Waals surface area contributed by atoms with Gasteiger partial charge in [-0.3, -0.25) is 4.79 Å². The van der Waals surface area contributed by atoms with E-state index in [0.717, 1.165) is 37.1 Å². The van der Waals surface area contributed by atoms with Crippen LogP contribution >= 0.6 is 12.4 Å². The molecule has 1 unspecified atom stereocenters. The Morgan fingerprint density at radius 1 is 1.45 bits per heavy atom. The number of nitrogens with zero attached hydrogens (tertiary/aromatic N) is 1. The van der Waals surface area contributed by atoms with Crippen molar-refractivity contribution in [2.45, 2.75) is 38.5 Å². The van der Waals surface area contributed by atoms with Crippen molar-refractivity contribution in [2.24, 2.45) is 0 Å². The van der Waals surface area contributed by atoms with Crippen molar-refractivity contribution in [2.75, 3.05) is 6.61 Å². The van der Waals surface area contributed by atoms with Gasteiger partial charge in [-0.2, -0.15) is 0 Å². The number of carbonyl (C=O) groups is 1. The largest absolute Gasteiger partial charge is 0.466 e. The molecule has 0 bridgehead atoms. The molecule has 1 aromatic heterocycles. The van der Waals surface area contributed by atoms with Gasteiger partial charge in [-0.05, 0) is 42.9 Å². The van der Waals surface area contributed by atoms with E-state index in [0.29, 0.717) is 6.61 Å². The third-order valence-electron chi connectivity index (χ3n) is 4.02. The summed E-state index contributed by atoms with van der Waals surface area (Å²) in [5.41, 5.74) is 3.65. The maximum absolute atomic E-state index is 12.1. The van der Waals surface area contributed by atoms with Crippen molar-refractivity contribution in [3.63, 3.8) is 0 Å². The lowest BCUT2D eigenvalue weighted by Gasteiger charge is -2.24. The second-order valence-corrected chi connectivity index (χ2v) is 5.44. The molecular weight excluding hydrogens is 300 g/mol. The molecule has 2 aromatic rings. The highest BCUT2D eigenvalue weighted by molar-refractivity contribution is 5.85. The van der Waals surface area contributed by atoms with Crippen LogP contribution in [0.1, 0.15) is 48.2 Å². The zero-order valence-corrected chi connectivity index (χ0v) is 13.5. The molecule has 0 fully saturated rings. The van der Waals surface area contributed by atoms with Gasteiger partial charge in [0.2, 0.25) is 0 Å². The number of nitrogens with one attached hydrogen (secondary N) is 1. The Labute approximate surface area is 136 Å². The van der Waals surface area contributed by atoms with Crippen molar-refractivity contribution in [1.29, 1.82) is 0 Å². The van der Waals surface area contributed by atoms with E-state index < -0.39 is 0 Å². The highest BCUT2D eigenvalue weighted by Gasteiger charge is 2.27. The second-order valence-electron chi connectivity index (χ2n) is 5.44. The van der Waals surface area contributed by atoms with Crippen molar-refractivity contribution in [3.05, 3.63) is 53.1 Å². The molecule has 1 aliphatic carbocycles. The average molecular weight is 321 g/mol. The van der Waals surface area contributed by atoms with Crippen LogP contribution in [0.4, 0.5) is 0 Å². The number of rotatable bonds is 4. The third-order valence-corrected chi connectivity index (χ3v) is 4.02. The van der Waals surface area contributed by atoms with Gasteiger partial charge in [-0.1, -0.05) is 18.2 Å². The zero-order chi connectivity index (χ0) is 14.7. The minimum absolute atomic E-state index is 0. The van der Waals surface area contributed by atoms with E-state index in [1.165, 1.54) is 11.1 Å². The molecule has 1 aromatic carbocycles. The molecule has 22 heavy (non-hydrogen) atoms. The van der Waals surface area contributed by atoms with Crippen LogP contribution in [0.3, 0.4) is 0 Å². The van der Waals surface area contributed by atoms with Crippen LogP contribution in [0.2, 0.25) is 0 Å². The molecule has 0 radical (unpaired) electrons. The van der Waals surface area contributed by atoms with Crippen LogP contribution in [0.15, 0.2) is 30.6 Å². The lowest BCUT2D eigenvalue weighted by atomic mass is 9.82. The maximum Gasteiger partial charge on any atom is 0.313 e. The monoisotopic (exact) mass is 320 g/mol. The Morgan fingerprint density at radius 2 is 2.32 bits per heavy atom. The number of aromatic amines is 1. The normalized spacial score (nSPS) is 16.5. The van der Waals surface area contributed by atoms with Gasteiger partial charge >= 0.3 is 5.97 Å². The van der Waals surface area contributed by atoms with Crippen LogP contribution in [0.5, 0.6) is 0 Å². The number of esters is 1. The van der Waals surface area contributed by atoms with E-state index in [9.17, 15) is 4.79 Å². The summed E-state index contributed by atoms with van der Waals surface area (Å²) in [5, 5.41) is 0. The third kappa shape index (κ3) is 3.50. The molecule has 118 valence electrons. The van der Waals surface area contributed by atoms with Gasteiger partial charge in [0.1, 0.15) is 5.82 Å². The van der Waals surface area contributed by atoms with E-state index in [2.05, 4.69) is 28.2 Å². The lowest BCUT2D eigenvalue weighted by Crippen LogP contribution is -2.21. The van der Waals surface area contributed by atoms with Crippen LogP contribution in [-0.2, 0) is 22.4 Å². The standard InChI is InChI=1S/C17H20N2O2.ClH/c1-2-21-17(20)15-5-3-4-13-10-12(6-7-14(13)15)11-16-18-8-9-19-16;/h6-10,15H,2-5,11H2,1H3,(H,18,19);1H. The minimum atomic E-state index is -0.0913. The molecule has 1 heterocycles. The van der Waals surface area contributed by atoms with E-state index in [1.807, 2.05) is 13.1 Å². The van der Waals surface area contributed by atoms with Crippen LogP contribution < -0.4 is 0 Å². The molecule has 5 heteroatoms. The first-order valence-electron chi connectivity index (χ1n) is 7.54. The average Bonchev–Trinajstić information content (AvgIpc) is 2.99. The topological polar surface area (TPSA) is 55.0 Å². The predicted molar refractivity (Wildman–Crippen MR) is 87.4 cm³/mol. The van der Waals surface area contributed by atoms with Gasteiger partial charge < -0.3 is 9.72 Å². The van der Waals surface area contributed by atoms with Crippen LogP contribution in [0.25, 0.3) is 0 Å². The molecule has 0 spiro atoms. The van der Waals surface area contributed by atoms with Crippen molar-refractivity contribution >= 4 is 18.4 Å². The Hall–Kier alpha value is -1.81. The number of imidazole rings is 1. The number of halogens is 1. The first kappa shape index (κ1) is 16.6. The van der Waals surface area contributed by atoms with Gasteiger partial charge in [0.05, 0.1) is 12.5 Å². The Morgan fingerprint density at radius 3 is 3.05 bits per heavy atom. The summed E-state index contributed by atoms with van der Waals surface area (Å²) in [6.07, 6.45) is 7.38. The number of benzene rings is 1. The van der Waals surface area contributed by atoms with Gasteiger partial charge in [0.25, 0.3) is 0 Å². The van der Waals surface area contributed by atoms with Gasteiger partial charge in [-0.15, -0.1) is 12.4 Å². The Balaban J connectivity index is 0.00000176. The molecule has 4 nitrogen and oxygen atoms in total. The zero-order valence-electron chi connectivity index (χ0n) is 12.7. The summed E-state index contributed by atoms with van der Waals surface area (Å²) in [4.78, 5) is 19.5. The van der Waals surface area contributed by atoms with Crippen LogP contribution in [-0.4, -0.2) is 22.5 Å². The van der Waals surface area contributed by atoms with Crippen molar-refractivity contribution in [3.8, 4) is 0 Å². The summed E-state index contributed by atoms with van der Waals surface area (Å²) >= 11 is 0. The second kappa shape index (κ2) is 7.45. The number of hydrogen-bond acceptors (Lipinski definition) is 3. The number of carbonyl (C=O) groups excluding carboxylic acids is 1. The first-order valence-corrected chi connectivity index (χ1v) is 7.54. The number of fused-ring (bicyclic) bond motifs is 1. The molecule has 1 N–H and O–H groups in total. The van der Waals surface area contributed by atoms with Crippen LogP contribution in [0, 0.1) is 0 Å². The summed E-state index contributed by atoms with van der Waals surface area (Å²) in [7, 11) is 0. The number of ether oxygens (including phenoxy) is 1. The number of H-pyrrole nitrogens is 1. The number of aryl methyl sites for hydroxylation is 1. The smallest absolute Gasteiger partial charge is 0.313 e. The number of aromatic nitrogens is 2. The van der Waals surface area contributed by atoms with E-state index in [-0.39, 0.29) is 24.3 Å². The molecule has 1 aliphatic rings. The highest BCUT2D eigenvalue weighted by atomic mass is 35.5. The Bertz CT molecular complexity index is 626. The molecule has 0 saturated carbocycles. The van der Waals surface area contributed by atoms with Gasteiger partial charge in [0.15, 0.2) is 0 Å². The Kier molecular flexibility index (Phi) is 5.61. The molecule has 3 rings (SSSR count). The molecular formula is C17H21ClN2O2. The molecule has 0 aliphatic heterocycles. The fourth-order valence-electron chi connectivity index (χ4n) is 3.05. The van der Waals surface area contributed by atoms with Crippen molar-refractivity contribution < 1.29 is 9.53 Å². The molecule has 0 amide bonds. The lowest BCUT2D eigenvalue weighted by molar-refractivity contribution is -0.145. The SMILES string of the molecule is CCOC(=O)C1CCCc2cc(Cc3ncc[nH]3)ccc21.Cl. The summed E-state index contributed by atoms with van der Waals surface area (Å²) in [6.45, 7) is 2.30. The first-order chi connectivity index (χ1) is 10.3. The summed E-state index contributed by atoms with van der Waals surface area (Å²) < 4.78 is 5.20. The van der Waals surface area contributed by atoms with Gasteiger partial charge in [-0.25, -0.2) is 4.98 Å².